The van der Waals surface area contributed by atoms with E-state index in [1.54, 1.807) is 24.3 Å². The Labute approximate surface area is 271 Å². The fraction of sp³-hybridized carbons (Fsp3) is 0.412. The Bertz CT molecular complexity index is 1270. The molecule has 9 heteroatoms. The zero-order valence-electron chi connectivity index (χ0n) is 25.9. The number of ether oxygens (including phenoxy) is 2. The van der Waals surface area contributed by atoms with Crippen molar-refractivity contribution in [3.8, 4) is 11.5 Å². The summed E-state index contributed by atoms with van der Waals surface area (Å²) in [5.41, 5.74) is 2.31. The molecule has 0 atom stereocenters. The lowest BCUT2D eigenvalue weighted by atomic mass is 10.1. The second kappa shape index (κ2) is 18.8. The van der Waals surface area contributed by atoms with Gasteiger partial charge in [0.2, 0.25) is 5.91 Å². The van der Waals surface area contributed by atoms with Gasteiger partial charge in [-0.2, -0.15) is 0 Å². The van der Waals surface area contributed by atoms with Gasteiger partial charge >= 0.3 is 5.97 Å². The molecular weight excluding hydrogens is 607 g/mol. The van der Waals surface area contributed by atoms with Crippen molar-refractivity contribution in [2.45, 2.75) is 58.8 Å². The Kier molecular flexibility index (Phi) is 15.9. The minimum absolute atomic E-state index is 0.0696. The molecule has 0 saturated heterocycles. The lowest BCUT2D eigenvalue weighted by Gasteiger charge is -2.23. The van der Waals surface area contributed by atoms with Gasteiger partial charge in [-0.1, -0.05) is 86.5 Å². The SMILES string of the molecule is CC.C[N+](C)(C)c1ccc(CC(=O)NCCCCCCCCOc2ccc(OC(=O)c3c(Cl)cc(Cl)cc3Cl)cc2)cc1. The Morgan fingerprint density at radius 3 is 1.86 bits per heavy atom. The van der Waals surface area contributed by atoms with E-state index >= 15 is 0 Å². The van der Waals surface area contributed by atoms with Crippen molar-refractivity contribution in [2.24, 2.45) is 0 Å². The zero-order valence-corrected chi connectivity index (χ0v) is 28.1. The largest absolute Gasteiger partial charge is 0.494 e. The van der Waals surface area contributed by atoms with Crippen LogP contribution in [0.3, 0.4) is 0 Å². The van der Waals surface area contributed by atoms with Gasteiger partial charge in [0.1, 0.15) is 17.2 Å². The second-order valence-electron chi connectivity index (χ2n) is 10.8. The van der Waals surface area contributed by atoms with Crippen molar-refractivity contribution < 1.29 is 19.1 Å². The van der Waals surface area contributed by atoms with Crippen LogP contribution >= 0.6 is 34.8 Å². The van der Waals surface area contributed by atoms with Crippen molar-refractivity contribution in [1.82, 2.24) is 9.80 Å². The average molecular weight is 651 g/mol. The summed E-state index contributed by atoms with van der Waals surface area (Å²) in [4.78, 5) is 24.7. The smallest absolute Gasteiger partial charge is 0.346 e. The molecule has 3 aromatic carbocycles. The third-order valence-corrected chi connectivity index (χ3v) is 7.30. The van der Waals surface area contributed by atoms with Gasteiger partial charge in [0.15, 0.2) is 0 Å². The highest BCUT2D eigenvalue weighted by atomic mass is 35.5. The molecule has 0 radical (unpaired) electrons. The molecule has 0 heterocycles. The molecule has 0 bridgehead atoms. The van der Waals surface area contributed by atoms with Crippen LogP contribution in [-0.4, -0.2) is 46.2 Å². The number of nitrogens with one attached hydrogen (secondary N) is 1. The first-order valence-corrected chi connectivity index (χ1v) is 15.9. The molecule has 0 aliphatic carbocycles. The van der Waals surface area contributed by atoms with Gasteiger partial charge in [0.25, 0.3) is 0 Å². The van der Waals surface area contributed by atoms with Gasteiger partial charge in [-0.05, 0) is 66.9 Å². The van der Waals surface area contributed by atoms with E-state index in [9.17, 15) is 9.59 Å². The van der Waals surface area contributed by atoms with Crippen LogP contribution in [0.25, 0.3) is 0 Å². The summed E-state index contributed by atoms with van der Waals surface area (Å²) in [6.45, 7) is 5.32. The number of nitrogens with zero attached hydrogens (tertiary/aromatic N) is 1. The van der Waals surface area contributed by atoms with Gasteiger partial charge in [0, 0.05) is 11.6 Å². The summed E-state index contributed by atoms with van der Waals surface area (Å²) < 4.78 is 11.9. The standard InChI is InChI=1S/C32H37Cl3N2O4.C2H6/c1-37(2,3)25-12-10-23(11-13-25)20-30(38)36-18-8-6-4-5-7-9-19-40-26-14-16-27(17-15-26)41-32(39)31-28(34)21-24(33)22-29(31)35;1-2/h10-17,21-22H,4-9,18-20H2,1-3H3;1-2H3/p+1. The monoisotopic (exact) mass is 649 g/mol. The molecule has 0 fully saturated rings. The first kappa shape index (κ1) is 36.4. The lowest BCUT2D eigenvalue weighted by molar-refractivity contribution is -0.120. The summed E-state index contributed by atoms with van der Waals surface area (Å²) in [6.07, 6.45) is 6.77. The molecule has 0 aromatic heterocycles. The van der Waals surface area contributed by atoms with Crippen LogP contribution in [0, 0.1) is 0 Å². The van der Waals surface area contributed by atoms with E-state index < -0.39 is 5.97 Å². The first-order valence-electron chi connectivity index (χ1n) is 14.8. The molecule has 3 aromatic rings. The number of esters is 1. The van der Waals surface area contributed by atoms with Crippen LogP contribution in [0.1, 0.15) is 68.3 Å². The Morgan fingerprint density at radius 1 is 0.744 bits per heavy atom. The third-order valence-electron chi connectivity index (χ3n) is 6.48. The zero-order chi connectivity index (χ0) is 31.8. The molecule has 43 heavy (non-hydrogen) atoms. The van der Waals surface area contributed by atoms with Crippen molar-refractivity contribution in [3.63, 3.8) is 0 Å². The molecular formula is C34H44Cl3N2O4+. The van der Waals surface area contributed by atoms with Crippen molar-refractivity contribution in [1.29, 1.82) is 0 Å². The van der Waals surface area contributed by atoms with E-state index in [1.807, 2.05) is 26.0 Å². The van der Waals surface area contributed by atoms with E-state index in [2.05, 4.69) is 38.6 Å². The summed E-state index contributed by atoms with van der Waals surface area (Å²) in [5, 5.41) is 3.63. The van der Waals surface area contributed by atoms with E-state index in [1.165, 1.54) is 17.8 Å². The number of carbonyl (C=O) groups is 2. The number of carbonyl (C=O) groups excluding carboxylic acids is 2. The molecule has 1 amide bonds. The molecule has 234 valence electrons. The second-order valence-corrected chi connectivity index (χ2v) is 12.0. The Hall–Kier alpha value is -2.77. The van der Waals surface area contributed by atoms with Crippen LogP contribution in [0.15, 0.2) is 60.7 Å². The van der Waals surface area contributed by atoms with Crippen LogP contribution in [-0.2, 0) is 11.2 Å². The number of hydrogen-bond acceptors (Lipinski definition) is 4. The van der Waals surface area contributed by atoms with Gasteiger partial charge in [-0.15, -0.1) is 0 Å². The van der Waals surface area contributed by atoms with Gasteiger partial charge in [-0.3, -0.25) is 9.28 Å². The maximum absolute atomic E-state index is 12.5. The highest BCUT2D eigenvalue weighted by Crippen LogP contribution is 2.30. The number of rotatable bonds is 15. The minimum atomic E-state index is -0.658. The van der Waals surface area contributed by atoms with Gasteiger partial charge in [-0.25, -0.2) is 4.79 Å². The fourth-order valence-corrected chi connectivity index (χ4v) is 5.13. The number of benzene rings is 3. The fourth-order valence-electron chi connectivity index (χ4n) is 4.16. The van der Waals surface area contributed by atoms with E-state index in [-0.39, 0.29) is 21.5 Å². The Balaban J connectivity index is 0.00000316. The topological polar surface area (TPSA) is 64.6 Å². The van der Waals surface area contributed by atoms with Crippen LogP contribution in [0.4, 0.5) is 5.69 Å². The normalized spacial score (nSPS) is 10.9. The first-order chi connectivity index (χ1) is 20.5. The highest BCUT2D eigenvalue weighted by molar-refractivity contribution is 6.41. The molecule has 0 aliphatic heterocycles. The summed E-state index contributed by atoms with van der Waals surface area (Å²) >= 11 is 18.1. The molecule has 1 N–H and O–H groups in total. The van der Waals surface area contributed by atoms with Crippen LogP contribution in [0.2, 0.25) is 15.1 Å². The average Bonchev–Trinajstić information content (AvgIpc) is 2.95. The maximum atomic E-state index is 12.5. The molecule has 0 aliphatic rings. The maximum Gasteiger partial charge on any atom is 0.346 e. The van der Waals surface area contributed by atoms with E-state index in [0.717, 1.165) is 48.6 Å². The van der Waals surface area contributed by atoms with E-state index in [4.69, 9.17) is 44.3 Å². The molecule has 0 saturated carbocycles. The minimum Gasteiger partial charge on any atom is -0.494 e. The summed E-state index contributed by atoms with van der Waals surface area (Å²) in [7, 11) is 6.37. The van der Waals surface area contributed by atoms with Gasteiger partial charge < -0.3 is 14.8 Å². The predicted molar refractivity (Wildman–Crippen MR) is 180 cm³/mol. The number of quaternary nitrogens is 1. The van der Waals surface area contributed by atoms with Crippen molar-refractivity contribution in [3.05, 3.63) is 86.9 Å². The summed E-state index contributed by atoms with van der Waals surface area (Å²) in [6, 6.07) is 17.9. The molecule has 6 nitrogen and oxygen atoms in total. The third kappa shape index (κ3) is 13.2. The number of amides is 1. The van der Waals surface area contributed by atoms with Crippen LogP contribution in [0.5, 0.6) is 11.5 Å². The Morgan fingerprint density at radius 2 is 1.28 bits per heavy atom. The highest BCUT2D eigenvalue weighted by Gasteiger charge is 2.18. The number of unbranched alkanes of at least 4 members (excludes halogenated alkanes) is 5. The van der Waals surface area contributed by atoms with Crippen LogP contribution < -0.4 is 19.3 Å². The van der Waals surface area contributed by atoms with Crippen molar-refractivity contribution >= 4 is 52.4 Å². The van der Waals surface area contributed by atoms with E-state index in [0.29, 0.717) is 36.1 Å². The molecule has 3 rings (SSSR count). The lowest BCUT2D eigenvalue weighted by Crippen LogP contribution is -2.34. The molecule has 0 spiro atoms. The summed E-state index contributed by atoms with van der Waals surface area (Å²) in [5.74, 6) is 0.470. The quantitative estimate of drug-likeness (QED) is 0.0771. The number of hydrogen-bond donors (Lipinski definition) is 1. The van der Waals surface area contributed by atoms with Gasteiger partial charge in [0.05, 0.1) is 49.8 Å². The molecule has 0 unspecified atom stereocenters. The van der Waals surface area contributed by atoms with Crippen molar-refractivity contribution in [2.75, 3.05) is 34.3 Å². The number of halogens is 3. The predicted octanol–water partition coefficient (Wildman–Crippen LogP) is 9.17.